The third-order valence-corrected chi connectivity index (χ3v) is 5.77. The molecule has 6 atom stereocenters. The van der Waals surface area contributed by atoms with Crippen molar-refractivity contribution in [1.29, 1.82) is 0 Å². The number of aliphatic hydroxyl groups is 1. The first-order valence-corrected chi connectivity index (χ1v) is 11.0. The number of nitrogens with one attached hydrogen (secondary N) is 2. The molecule has 0 aromatic carbocycles. The number of nitrogens with two attached hydrogens (primary N) is 1. The van der Waals surface area contributed by atoms with Crippen molar-refractivity contribution in [3.8, 4) is 0 Å². The highest BCUT2D eigenvalue weighted by Crippen LogP contribution is 2.21. The van der Waals surface area contributed by atoms with E-state index in [1.54, 1.807) is 0 Å². The van der Waals surface area contributed by atoms with E-state index < -0.39 is 48.1 Å². The van der Waals surface area contributed by atoms with Gasteiger partial charge in [0.25, 0.3) is 0 Å². The van der Waals surface area contributed by atoms with Gasteiger partial charge in [0.05, 0.1) is 12.1 Å². The van der Waals surface area contributed by atoms with Crippen LogP contribution in [0.25, 0.3) is 0 Å². The standard InChI is InChI=1S/C21H38N4O6/c1-6-12(4)16(22)20(29)25-9-7-8-15(25)19(28)23-14(10-11(2)3)18(27)24-17(13(5)26)21(30)31/h11-17,26H,6-10,22H2,1-5H3,(H,23,28)(H,24,27)(H,30,31). The molecule has 1 rings (SSSR count). The Morgan fingerprint density at radius 2 is 1.74 bits per heavy atom. The minimum Gasteiger partial charge on any atom is -0.480 e. The Hall–Kier alpha value is -2.20. The summed E-state index contributed by atoms with van der Waals surface area (Å²) in [6, 6.07) is -3.90. The van der Waals surface area contributed by atoms with Crippen molar-refractivity contribution in [3.63, 3.8) is 0 Å². The first kappa shape index (κ1) is 26.8. The first-order chi connectivity index (χ1) is 14.4. The molecule has 31 heavy (non-hydrogen) atoms. The van der Waals surface area contributed by atoms with Crippen LogP contribution in [0.2, 0.25) is 0 Å². The summed E-state index contributed by atoms with van der Waals surface area (Å²) in [4.78, 5) is 51.3. The van der Waals surface area contributed by atoms with Crippen molar-refractivity contribution >= 4 is 23.7 Å². The van der Waals surface area contributed by atoms with Gasteiger partial charge in [-0.2, -0.15) is 0 Å². The van der Waals surface area contributed by atoms with Gasteiger partial charge in [-0.3, -0.25) is 14.4 Å². The van der Waals surface area contributed by atoms with Gasteiger partial charge in [-0.1, -0.05) is 34.1 Å². The highest BCUT2D eigenvalue weighted by molar-refractivity contribution is 5.94. The van der Waals surface area contributed by atoms with E-state index in [1.165, 1.54) is 11.8 Å². The molecule has 178 valence electrons. The van der Waals surface area contributed by atoms with Crippen LogP contribution in [0, 0.1) is 11.8 Å². The predicted molar refractivity (Wildman–Crippen MR) is 115 cm³/mol. The van der Waals surface area contributed by atoms with Gasteiger partial charge in [0.1, 0.15) is 12.1 Å². The fourth-order valence-electron chi connectivity index (χ4n) is 3.61. The normalized spacial score (nSPS) is 21.2. The summed E-state index contributed by atoms with van der Waals surface area (Å²) >= 11 is 0. The Morgan fingerprint density at radius 1 is 1.13 bits per heavy atom. The highest BCUT2D eigenvalue weighted by Gasteiger charge is 2.39. The molecule has 1 saturated heterocycles. The third-order valence-electron chi connectivity index (χ3n) is 5.77. The van der Waals surface area contributed by atoms with Gasteiger partial charge in [-0.15, -0.1) is 0 Å². The molecule has 1 aliphatic rings. The van der Waals surface area contributed by atoms with Crippen molar-refractivity contribution in [3.05, 3.63) is 0 Å². The third kappa shape index (κ3) is 7.46. The van der Waals surface area contributed by atoms with Crippen LogP contribution in [-0.4, -0.2) is 75.6 Å². The SMILES string of the molecule is CCC(C)C(N)C(=O)N1CCCC1C(=O)NC(CC(C)C)C(=O)NC(C(=O)O)C(C)O. The van der Waals surface area contributed by atoms with Crippen LogP contribution in [0.4, 0.5) is 0 Å². The summed E-state index contributed by atoms with van der Waals surface area (Å²) in [5.74, 6) is -2.80. The fraction of sp³-hybridized carbons (Fsp3) is 0.810. The minimum absolute atomic E-state index is 0.0234. The summed E-state index contributed by atoms with van der Waals surface area (Å²) in [6.45, 7) is 9.25. The quantitative estimate of drug-likeness (QED) is 0.297. The lowest BCUT2D eigenvalue weighted by Gasteiger charge is -2.30. The molecule has 0 saturated carbocycles. The Bertz CT molecular complexity index is 654. The maximum absolute atomic E-state index is 13.0. The molecule has 6 N–H and O–H groups in total. The van der Waals surface area contributed by atoms with Crippen molar-refractivity contribution in [2.24, 2.45) is 17.6 Å². The molecule has 0 aliphatic carbocycles. The number of hydrogen-bond acceptors (Lipinski definition) is 6. The van der Waals surface area contributed by atoms with Gasteiger partial charge in [0, 0.05) is 6.54 Å². The number of nitrogens with zero attached hydrogens (tertiary/aromatic N) is 1. The van der Waals surface area contributed by atoms with Gasteiger partial charge in [-0.25, -0.2) is 4.79 Å². The summed E-state index contributed by atoms with van der Waals surface area (Å²) in [5, 5.41) is 23.8. The number of aliphatic hydroxyl groups excluding tert-OH is 1. The lowest BCUT2D eigenvalue weighted by atomic mass is 9.98. The number of hydrogen-bond donors (Lipinski definition) is 5. The summed E-state index contributed by atoms with van der Waals surface area (Å²) in [6.07, 6.45) is 0.828. The average molecular weight is 443 g/mol. The lowest BCUT2D eigenvalue weighted by Crippen LogP contribution is -2.58. The number of carboxylic acid groups (broad SMARTS) is 1. The number of amides is 3. The van der Waals surface area contributed by atoms with E-state index in [1.807, 2.05) is 27.7 Å². The Morgan fingerprint density at radius 3 is 2.23 bits per heavy atom. The fourth-order valence-corrected chi connectivity index (χ4v) is 3.61. The van der Waals surface area contributed by atoms with E-state index in [0.717, 1.165) is 6.42 Å². The number of aliphatic carboxylic acids is 1. The number of carbonyl (C=O) groups is 4. The second kappa shape index (κ2) is 12.0. The van der Waals surface area contributed by atoms with Crippen molar-refractivity contribution < 1.29 is 29.4 Å². The molecule has 10 heteroatoms. The molecule has 0 aromatic rings. The zero-order chi connectivity index (χ0) is 23.9. The molecule has 0 aromatic heterocycles. The first-order valence-electron chi connectivity index (χ1n) is 11.0. The molecule has 1 aliphatic heterocycles. The molecule has 10 nitrogen and oxygen atoms in total. The molecule has 3 amide bonds. The second-order valence-corrected chi connectivity index (χ2v) is 8.86. The summed E-state index contributed by atoms with van der Waals surface area (Å²) in [7, 11) is 0. The van der Waals surface area contributed by atoms with E-state index in [2.05, 4.69) is 10.6 Å². The minimum atomic E-state index is -1.49. The molecular formula is C21H38N4O6. The smallest absolute Gasteiger partial charge is 0.328 e. The zero-order valence-corrected chi connectivity index (χ0v) is 19.1. The predicted octanol–water partition coefficient (Wildman–Crippen LogP) is -0.168. The summed E-state index contributed by atoms with van der Waals surface area (Å²) < 4.78 is 0. The lowest BCUT2D eigenvalue weighted by molar-refractivity contribution is -0.145. The van der Waals surface area contributed by atoms with E-state index in [-0.39, 0.29) is 24.2 Å². The van der Waals surface area contributed by atoms with Crippen LogP contribution in [0.3, 0.4) is 0 Å². The van der Waals surface area contributed by atoms with Gasteiger partial charge >= 0.3 is 5.97 Å². The monoisotopic (exact) mass is 442 g/mol. The molecule has 6 unspecified atom stereocenters. The van der Waals surface area contributed by atoms with Gasteiger partial charge in [0.2, 0.25) is 17.7 Å². The zero-order valence-electron chi connectivity index (χ0n) is 19.1. The van der Waals surface area contributed by atoms with Gasteiger partial charge in [-0.05, 0) is 38.0 Å². The molecule has 0 spiro atoms. The van der Waals surface area contributed by atoms with E-state index in [4.69, 9.17) is 5.73 Å². The van der Waals surface area contributed by atoms with Crippen LogP contribution in [0.5, 0.6) is 0 Å². The Kier molecular flexibility index (Phi) is 10.4. The van der Waals surface area contributed by atoms with E-state index >= 15 is 0 Å². The molecule has 0 bridgehead atoms. The van der Waals surface area contributed by atoms with Crippen molar-refractivity contribution in [2.75, 3.05) is 6.54 Å². The van der Waals surface area contributed by atoms with Crippen LogP contribution < -0.4 is 16.4 Å². The van der Waals surface area contributed by atoms with Crippen LogP contribution in [-0.2, 0) is 19.2 Å². The number of likely N-dealkylation sites (tertiary alicyclic amines) is 1. The number of carboxylic acids is 1. The Balaban J connectivity index is 2.94. The van der Waals surface area contributed by atoms with E-state index in [0.29, 0.717) is 19.4 Å². The van der Waals surface area contributed by atoms with E-state index in [9.17, 15) is 29.4 Å². The molecule has 0 radical (unpaired) electrons. The van der Waals surface area contributed by atoms with Crippen LogP contribution >= 0.6 is 0 Å². The van der Waals surface area contributed by atoms with Crippen molar-refractivity contribution in [1.82, 2.24) is 15.5 Å². The maximum Gasteiger partial charge on any atom is 0.328 e. The molecule has 1 fully saturated rings. The highest BCUT2D eigenvalue weighted by atomic mass is 16.4. The van der Waals surface area contributed by atoms with Gasteiger partial charge < -0.3 is 31.5 Å². The van der Waals surface area contributed by atoms with Crippen molar-refractivity contribution in [2.45, 2.75) is 90.6 Å². The van der Waals surface area contributed by atoms with Crippen LogP contribution in [0.15, 0.2) is 0 Å². The molecular weight excluding hydrogens is 404 g/mol. The van der Waals surface area contributed by atoms with Crippen LogP contribution in [0.1, 0.15) is 60.3 Å². The van der Waals surface area contributed by atoms with Gasteiger partial charge in [0.15, 0.2) is 6.04 Å². The maximum atomic E-state index is 13.0. The topological polar surface area (TPSA) is 162 Å². The largest absolute Gasteiger partial charge is 0.480 e. The average Bonchev–Trinajstić information content (AvgIpc) is 3.18. The molecule has 1 heterocycles. The Labute approximate surface area is 183 Å². The summed E-state index contributed by atoms with van der Waals surface area (Å²) in [5.41, 5.74) is 6.07. The number of carbonyl (C=O) groups excluding carboxylic acids is 3. The number of rotatable bonds is 11. The second-order valence-electron chi connectivity index (χ2n) is 8.86.